The van der Waals surface area contributed by atoms with Gasteiger partial charge in [-0.3, -0.25) is 9.59 Å². The van der Waals surface area contributed by atoms with Gasteiger partial charge in [-0.2, -0.15) is 0 Å². The molecule has 0 aromatic carbocycles. The molecule has 2 atom stereocenters. The lowest BCUT2D eigenvalue weighted by molar-refractivity contribution is -0.129. The van der Waals surface area contributed by atoms with E-state index in [4.69, 9.17) is 0 Å². The Balaban J connectivity index is 1.19. The maximum atomic E-state index is 12.1. The van der Waals surface area contributed by atoms with Gasteiger partial charge in [-0.05, 0) is 25.7 Å². The zero-order chi connectivity index (χ0) is 17.7. The number of hydrogen-bond donors (Lipinski definition) is 2. The molecule has 2 saturated carbocycles. The van der Waals surface area contributed by atoms with Crippen molar-refractivity contribution in [1.82, 2.24) is 19.8 Å². The Labute approximate surface area is 152 Å². The highest BCUT2D eigenvalue weighted by Gasteiger charge is 2.40. The Hall–Kier alpha value is -2.38. The minimum absolute atomic E-state index is 0.101. The first kappa shape index (κ1) is 15.8. The van der Waals surface area contributed by atoms with Gasteiger partial charge in [0, 0.05) is 44.1 Å². The molecule has 1 aromatic rings. The van der Waals surface area contributed by atoms with Crippen LogP contribution in [-0.2, 0) is 9.59 Å². The van der Waals surface area contributed by atoms with E-state index in [0.29, 0.717) is 24.9 Å². The van der Waals surface area contributed by atoms with E-state index >= 15 is 0 Å². The van der Waals surface area contributed by atoms with E-state index in [1.807, 2.05) is 15.9 Å². The van der Waals surface area contributed by atoms with Gasteiger partial charge in [-0.1, -0.05) is 0 Å². The lowest BCUT2D eigenvalue weighted by Crippen LogP contribution is -2.30. The molecule has 2 aliphatic carbocycles. The number of nitrogens with zero attached hydrogens (tertiary/aromatic N) is 4. The first-order valence-corrected chi connectivity index (χ1v) is 9.60. The van der Waals surface area contributed by atoms with Crippen molar-refractivity contribution in [3.05, 3.63) is 12.4 Å². The monoisotopic (exact) mass is 356 g/mol. The van der Waals surface area contributed by atoms with Crippen LogP contribution in [0.1, 0.15) is 38.5 Å². The van der Waals surface area contributed by atoms with Gasteiger partial charge in [0.15, 0.2) is 0 Å². The number of nitrogens with one attached hydrogen (secondary N) is 2. The van der Waals surface area contributed by atoms with Gasteiger partial charge in [0.1, 0.15) is 18.0 Å². The number of carbonyl (C=O) groups is 2. The van der Waals surface area contributed by atoms with Crippen LogP contribution in [0.5, 0.6) is 0 Å². The summed E-state index contributed by atoms with van der Waals surface area (Å²) in [7, 11) is 0. The first-order chi connectivity index (χ1) is 12.7. The van der Waals surface area contributed by atoms with E-state index in [-0.39, 0.29) is 23.9 Å². The van der Waals surface area contributed by atoms with Crippen molar-refractivity contribution >= 4 is 23.5 Å². The Kier molecular flexibility index (Phi) is 3.72. The molecule has 2 unspecified atom stereocenters. The van der Waals surface area contributed by atoms with Crippen LogP contribution in [0.4, 0.5) is 11.6 Å². The number of rotatable bonds is 6. The number of amides is 2. The second kappa shape index (κ2) is 6.10. The van der Waals surface area contributed by atoms with Gasteiger partial charge < -0.3 is 20.4 Å². The molecule has 3 heterocycles. The molecule has 8 nitrogen and oxygen atoms in total. The van der Waals surface area contributed by atoms with E-state index in [9.17, 15) is 9.59 Å². The van der Waals surface area contributed by atoms with Gasteiger partial charge in [0.2, 0.25) is 11.8 Å². The van der Waals surface area contributed by atoms with Crippen LogP contribution in [0.3, 0.4) is 0 Å². The van der Waals surface area contributed by atoms with Crippen molar-refractivity contribution in [2.24, 2.45) is 0 Å². The van der Waals surface area contributed by atoms with Gasteiger partial charge in [0.25, 0.3) is 0 Å². The zero-order valence-corrected chi connectivity index (χ0v) is 14.7. The van der Waals surface area contributed by atoms with Gasteiger partial charge in [-0.15, -0.1) is 0 Å². The average Bonchev–Trinajstić information content (AvgIpc) is 3.53. The molecule has 4 fully saturated rings. The second-order valence-electron chi connectivity index (χ2n) is 7.93. The van der Waals surface area contributed by atoms with Gasteiger partial charge in [-0.25, -0.2) is 9.97 Å². The fourth-order valence-corrected chi connectivity index (χ4v) is 4.07. The van der Waals surface area contributed by atoms with Crippen LogP contribution in [0.2, 0.25) is 0 Å². The molecule has 4 aliphatic rings. The molecule has 2 N–H and O–H groups in total. The fourth-order valence-electron chi connectivity index (χ4n) is 4.07. The van der Waals surface area contributed by atoms with Crippen LogP contribution >= 0.6 is 0 Å². The maximum Gasteiger partial charge on any atom is 0.225 e. The zero-order valence-electron chi connectivity index (χ0n) is 14.7. The molecule has 138 valence electrons. The van der Waals surface area contributed by atoms with E-state index < -0.39 is 0 Å². The summed E-state index contributed by atoms with van der Waals surface area (Å²) in [4.78, 5) is 36.7. The normalized spacial score (nSPS) is 28.8. The number of anilines is 2. The lowest BCUT2D eigenvalue weighted by Gasteiger charge is -2.18. The summed E-state index contributed by atoms with van der Waals surface area (Å²) < 4.78 is 0. The van der Waals surface area contributed by atoms with Crippen LogP contribution < -0.4 is 10.6 Å². The van der Waals surface area contributed by atoms with Crippen molar-refractivity contribution in [3.63, 3.8) is 0 Å². The van der Waals surface area contributed by atoms with E-state index in [2.05, 4.69) is 20.6 Å². The number of aromatic nitrogens is 2. The SMILES string of the molecule is O=C1CC(Nc2cc(NC3CC(=O)N(C4CC4)C3)ncn2)CN1C1CC1. The molecule has 2 amide bonds. The lowest BCUT2D eigenvalue weighted by atomic mass is 10.2. The van der Waals surface area contributed by atoms with Gasteiger partial charge >= 0.3 is 0 Å². The van der Waals surface area contributed by atoms with Crippen LogP contribution in [0.25, 0.3) is 0 Å². The molecular formula is C18H24N6O2. The number of hydrogen-bond acceptors (Lipinski definition) is 6. The Morgan fingerprint density at radius 1 is 0.808 bits per heavy atom. The molecule has 5 rings (SSSR count). The van der Waals surface area contributed by atoms with Gasteiger partial charge in [0.05, 0.1) is 12.1 Å². The third-order valence-corrected chi connectivity index (χ3v) is 5.66. The third kappa shape index (κ3) is 3.20. The summed E-state index contributed by atoms with van der Waals surface area (Å²) in [6, 6.07) is 3.00. The molecule has 0 spiro atoms. The van der Waals surface area contributed by atoms with Crippen LogP contribution in [-0.4, -0.2) is 68.8 Å². The minimum Gasteiger partial charge on any atom is -0.365 e. The molecular weight excluding hydrogens is 332 g/mol. The first-order valence-electron chi connectivity index (χ1n) is 9.60. The van der Waals surface area contributed by atoms with E-state index in [1.54, 1.807) is 0 Å². The molecule has 8 heteroatoms. The summed E-state index contributed by atoms with van der Waals surface area (Å²) in [5.74, 6) is 1.92. The highest BCUT2D eigenvalue weighted by molar-refractivity contribution is 5.81. The summed E-state index contributed by atoms with van der Waals surface area (Å²) in [5, 5.41) is 6.73. The molecule has 26 heavy (non-hydrogen) atoms. The Morgan fingerprint density at radius 3 is 1.69 bits per heavy atom. The van der Waals surface area contributed by atoms with Crippen molar-refractivity contribution in [2.75, 3.05) is 23.7 Å². The van der Waals surface area contributed by atoms with Crippen molar-refractivity contribution in [2.45, 2.75) is 62.7 Å². The molecule has 0 radical (unpaired) electrons. The molecule has 0 bridgehead atoms. The smallest absolute Gasteiger partial charge is 0.225 e. The third-order valence-electron chi connectivity index (χ3n) is 5.66. The summed E-state index contributed by atoms with van der Waals surface area (Å²) in [5.41, 5.74) is 0. The Bertz CT molecular complexity index is 675. The Morgan fingerprint density at radius 2 is 1.27 bits per heavy atom. The van der Waals surface area contributed by atoms with Crippen molar-refractivity contribution in [1.29, 1.82) is 0 Å². The summed E-state index contributed by atoms with van der Waals surface area (Å²) >= 11 is 0. The van der Waals surface area contributed by atoms with Crippen LogP contribution in [0, 0.1) is 0 Å². The highest BCUT2D eigenvalue weighted by atomic mass is 16.2. The molecule has 2 saturated heterocycles. The predicted molar refractivity (Wildman–Crippen MR) is 95.6 cm³/mol. The minimum atomic E-state index is 0.101. The topological polar surface area (TPSA) is 90.5 Å². The quantitative estimate of drug-likeness (QED) is 0.785. The largest absolute Gasteiger partial charge is 0.365 e. The van der Waals surface area contributed by atoms with Crippen LogP contribution in [0.15, 0.2) is 12.4 Å². The van der Waals surface area contributed by atoms with E-state index in [0.717, 1.165) is 50.4 Å². The molecule has 2 aliphatic heterocycles. The summed E-state index contributed by atoms with van der Waals surface area (Å²) in [6.45, 7) is 1.51. The standard InChI is InChI=1S/C18H24N6O2/c25-17-5-11(8-23(17)13-1-2-13)21-15-7-16(20-10-19-15)22-12-6-18(26)24(9-12)14-3-4-14/h7,10-14H,1-6,8-9H2,(H2,19,20,21,22). The fraction of sp³-hybridized carbons (Fsp3) is 0.667. The highest BCUT2D eigenvalue weighted by Crippen LogP contribution is 2.32. The predicted octanol–water partition coefficient (Wildman–Crippen LogP) is 0.827. The summed E-state index contributed by atoms with van der Waals surface area (Å²) in [6.07, 6.45) is 7.12. The van der Waals surface area contributed by atoms with Crippen molar-refractivity contribution < 1.29 is 9.59 Å². The second-order valence-corrected chi connectivity index (χ2v) is 7.93. The maximum absolute atomic E-state index is 12.1. The van der Waals surface area contributed by atoms with Crippen molar-refractivity contribution in [3.8, 4) is 0 Å². The average molecular weight is 356 g/mol. The van der Waals surface area contributed by atoms with E-state index in [1.165, 1.54) is 6.33 Å². The number of carbonyl (C=O) groups excluding carboxylic acids is 2. The molecule has 1 aromatic heterocycles. The number of likely N-dealkylation sites (tertiary alicyclic amines) is 2.